The standard InChI is InChI=1S/C5H6N2O3/c8-4-2-1-3(5(9)10)6-7-4/h1-2H2,(H,7,8)(H,9,10)/p-1. The second-order valence-electron chi connectivity index (χ2n) is 1.88. The van der Waals surface area contributed by atoms with Crippen LogP contribution in [0, 0.1) is 0 Å². The summed E-state index contributed by atoms with van der Waals surface area (Å²) in [7, 11) is 0. The molecule has 0 fully saturated rings. The molecule has 0 saturated heterocycles. The molecule has 1 aliphatic rings. The van der Waals surface area contributed by atoms with Gasteiger partial charge in [-0.15, -0.1) is 0 Å². The summed E-state index contributed by atoms with van der Waals surface area (Å²) in [4.78, 5) is 20.5. The number of rotatable bonds is 1. The highest BCUT2D eigenvalue weighted by Crippen LogP contribution is 1.97. The molecule has 0 aromatic heterocycles. The highest BCUT2D eigenvalue weighted by Gasteiger charge is 2.10. The summed E-state index contributed by atoms with van der Waals surface area (Å²) in [6, 6.07) is 0. The van der Waals surface area contributed by atoms with Gasteiger partial charge in [-0.05, 0) is 0 Å². The molecule has 1 heterocycles. The number of hydrogen-bond donors (Lipinski definition) is 1. The Bertz CT molecular complexity index is 209. The fourth-order valence-electron chi connectivity index (χ4n) is 0.621. The summed E-state index contributed by atoms with van der Waals surface area (Å²) in [5, 5.41) is 13.3. The number of hydrogen-bond acceptors (Lipinski definition) is 4. The Balaban J connectivity index is 2.65. The number of nitrogens with one attached hydrogen (secondary N) is 1. The van der Waals surface area contributed by atoms with E-state index in [1.807, 2.05) is 5.43 Å². The van der Waals surface area contributed by atoms with Crippen LogP contribution >= 0.6 is 0 Å². The van der Waals surface area contributed by atoms with Gasteiger partial charge in [-0.3, -0.25) is 4.79 Å². The molecule has 5 nitrogen and oxygen atoms in total. The first-order valence-electron chi connectivity index (χ1n) is 2.77. The number of carboxylic acid groups (broad SMARTS) is 1. The van der Waals surface area contributed by atoms with Crippen molar-refractivity contribution in [3.05, 3.63) is 0 Å². The summed E-state index contributed by atoms with van der Waals surface area (Å²) < 4.78 is 0. The summed E-state index contributed by atoms with van der Waals surface area (Å²) >= 11 is 0. The number of nitrogens with zero attached hydrogens (tertiary/aromatic N) is 1. The molecule has 0 spiro atoms. The van der Waals surface area contributed by atoms with Gasteiger partial charge in [0.2, 0.25) is 5.91 Å². The minimum absolute atomic E-state index is 0.0976. The number of hydrazone groups is 1. The lowest BCUT2D eigenvalue weighted by molar-refractivity contribution is -0.294. The van der Waals surface area contributed by atoms with E-state index in [1.165, 1.54) is 0 Å². The van der Waals surface area contributed by atoms with Crippen LogP contribution in [0.1, 0.15) is 12.8 Å². The van der Waals surface area contributed by atoms with Crippen LogP contribution in [0.25, 0.3) is 0 Å². The zero-order valence-corrected chi connectivity index (χ0v) is 5.09. The van der Waals surface area contributed by atoms with E-state index >= 15 is 0 Å². The lowest BCUT2D eigenvalue weighted by Gasteiger charge is -2.11. The van der Waals surface area contributed by atoms with Crippen molar-refractivity contribution >= 4 is 17.6 Å². The highest BCUT2D eigenvalue weighted by atomic mass is 16.4. The largest absolute Gasteiger partial charge is 0.543 e. The molecule has 0 radical (unpaired) electrons. The van der Waals surface area contributed by atoms with Gasteiger partial charge in [-0.25, -0.2) is 5.43 Å². The summed E-state index contributed by atoms with van der Waals surface area (Å²) in [6.45, 7) is 0. The van der Waals surface area contributed by atoms with E-state index < -0.39 is 5.97 Å². The third-order valence-electron chi connectivity index (χ3n) is 1.14. The molecule has 10 heavy (non-hydrogen) atoms. The van der Waals surface area contributed by atoms with Crippen LogP contribution in [0.5, 0.6) is 0 Å². The lowest BCUT2D eigenvalue weighted by Crippen LogP contribution is -2.37. The molecule has 0 saturated carbocycles. The average molecular weight is 141 g/mol. The molecule has 1 rings (SSSR count). The van der Waals surface area contributed by atoms with E-state index in [0.29, 0.717) is 0 Å². The Morgan fingerprint density at radius 2 is 2.30 bits per heavy atom. The van der Waals surface area contributed by atoms with Gasteiger partial charge in [-0.2, -0.15) is 5.10 Å². The SMILES string of the molecule is O=C1CCC(C(=O)[O-])=NN1. The third kappa shape index (κ3) is 1.31. The van der Waals surface area contributed by atoms with E-state index in [0.717, 1.165) is 0 Å². The van der Waals surface area contributed by atoms with Crippen LogP contribution in [0.4, 0.5) is 0 Å². The molecule has 5 heteroatoms. The molecule has 0 bridgehead atoms. The molecule has 0 aliphatic carbocycles. The van der Waals surface area contributed by atoms with Gasteiger partial charge in [0.15, 0.2) is 0 Å². The fraction of sp³-hybridized carbons (Fsp3) is 0.400. The fourth-order valence-corrected chi connectivity index (χ4v) is 0.621. The first-order chi connectivity index (χ1) is 4.70. The van der Waals surface area contributed by atoms with Gasteiger partial charge in [0.1, 0.15) is 0 Å². The number of carbonyl (C=O) groups is 2. The zero-order valence-electron chi connectivity index (χ0n) is 5.09. The molecule has 1 N–H and O–H groups in total. The minimum Gasteiger partial charge on any atom is -0.543 e. The van der Waals surface area contributed by atoms with Crippen molar-refractivity contribution in [2.24, 2.45) is 5.10 Å². The van der Waals surface area contributed by atoms with Crippen LogP contribution in [-0.2, 0) is 9.59 Å². The van der Waals surface area contributed by atoms with Crippen LogP contribution in [0.2, 0.25) is 0 Å². The van der Waals surface area contributed by atoms with Gasteiger partial charge in [0, 0.05) is 12.8 Å². The topological polar surface area (TPSA) is 81.6 Å². The Morgan fingerprint density at radius 1 is 1.60 bits per heavy atom. The second kappa shape index (κ2) is 2.47. The quantitative estimate of drug-likeness (QED) is 0.458. The molecule has 0 aromatic rings. The normalized spacial score (nSPS) is 17.6. The van der Waals surface area contributed by atoms with Crippen molar-refractivity contribution in [2.45, 2.75) is 12.8 Å². The molecule has 0 atom stereocenters. The minimum atomic E-state index is -1.32. The van der Waals surface area contributed by atoms with Crippen molar-refractivity contribution in [1.82, 2.24) is 5.43 Å². The van der Waals surface area contributed by atoms with Crippen molar-refractivity contribution < 1.29 is 14.7 Å². The smallest absolute Gasteiger partial charge is 0.240 e. The lowest BCUT2D eigenvalue weighted by atomic mass is 10.2. The average Bonchev–Trinajstić information content (AvgIpc) is 1.88. The first-order valence-corrected chi connectivity index (χ1v) is 2.77. The van der Waals surface area contributed by atoms with Crippen molar-refractivity contribution in [1.29, 1.82) is 0 Å². The number of aliphatic carboxylic acids is 1. The van der Waals surface area contributed by atoms with Gasteiger partial charge < -0.3 is 9.90 Å². The van der Waals surface area contributed by atoms with E-state index in [1.54, 1.807) is 0 Å². The van der Waals surface area contributed by atoms with Crippen molar-refractivity contribution in [3.8, 4) is 0 Å². The van der Waals surface area contributed by atoms with Crippen LogP contribution in [0.3, 0.4) is 0 Å². The van der Waals surface area contributed by atoms with Gasteiger partial charge in [0.25, 0.3) is 0 Å². The maximum absolute atomic E-state index is 10.4. The second-order valence-corrected chi connectivity index (χ2v) is 1.88. The van der Waals surface area contributed by atoms with Gasteiger partial charge in [0.05, 0.1) is 11.7 Å². The van der Waals surface area contributed by atoms with Gasteiger partial charge >= 0.3 is 0 Å². The zero-order chi connectivity index (χ0) is 7.56. The van der Waals surface area contributed by atoms with Crippen molar-refractivity contribution in [2.75, 3.05) is 0 Å². The monoisotopic (exact) mass is 141 g/mol. The first kappa shape index (κ1) is 6.73. The van der Waals surface area contributed by atoms with Crippen molar-refractivity contribution in [3.63, 3.8) is 0 Å². The van der Waals surface area contributed by atoms with Crippen LogP contribution in [0.15, 0.2) is 5.10 Å². The number of carboxylic acids is 1. The number of carbonyl (C=O) groups excluding carboxylic acids is 2. The molecular formula is C5H5N2O3-. The summed E-state index contributed by atoms with van der Waals surface area (Å²) in [5.74, 6) is -1.58. The van der Waals surface area contributed by atoms with E-state index in [9.17, 15) is 14.7 Å². The Labute approximate surface area is 56.7 Å². The maximum Gasteiger partial charge on any atom is 0.240 e. The Hall–Kier alpha value is -1.39. The van der Waals surface area contributed by atoms with Crippen LogP contribution < -0.4 is 10.5 Å². The molecule has 0 unspecified atom stereocenters. The van der Waals surface area contributed by atoms with E-state index in [2.05, 4.69) is 5.10 Å². The Kier molecular flexibility index (Phi) is 1.66. The predicted octanol–water partition coefficient (Wildman–Crippen LogP) is -2.00. The molecule has 1 amide bonds. The molecular weight excluding hydrogens is 136 g/mol. The molecule has 0 aromatic carbocycles. The predicted molar refractivity (Wildman–Crippen MR) is 29.8 cm³/mol. The number of amides is 1. The van der Waals surface area contributed by atoms with E-state index in [4.69, 9.17) is 0 Å². The van der Waals surface area contributed by atoms with Gasteiger partial charge in [-0.1, -0.05) is 0 Å². The molecule has 1 aliphatic heterocycles. The Morgan fingerprint density at radius 3 is 2.70 bits per heavy atom. The van der Waals surface area contributed by atoms with Crippen LogP contribution in [-0.4, -0.2) is 17.6 Å². The maximum atomic E-state index is 10.4. The highest BCUT2D eigenvalue weighted by molar-refractivity contribution is 6.35. The third-order valence-corrected chi connectivity index (χ3v) is 1.14. The summed E-state index contributed by atoms with van der Waals surface area (Å²) in [6.07, 6.45) is 0.334. The van der Waals surface area contributed by atoms with E-state index in [-0.39, 0.29) is 24.5 Å². The molecule has 54 valence electrons. The summed E-state index contributed by atoms with van der Waals surface area (Å²) in [5.41, 5.74) is 1.94.